The number of aromatic amines is 1. The molecule has 0 radical (unpaired) electrons. The van der Waals surface area contributed by atoms with Crippen LogP contribution in [0.4, 0.5) is 5.69 Å². The van der Waals surface area contributed by atoms with Crippen LogP contribution in [0.2, 0.25) is 0 Å². The monoisotopic (exact) mass is 417 g/mol. The van der Waals surface area contributed by atoms with Crippen molar-refractivity contribution in [3.8, 4) is 22.6 Å². The number of nitrogens with one attached hydrogen (secondary N) is 1. The number of pyridine rings is 1. The topological polar surface area (TPSA) is 132 Å². The molecule has 10 nitrogen and oxygen atoms in total. The van der Waals surface area contributed by atoms with Crippen molar-refractivity contribution in [1.82, 2.24) is 29.8 Å². The molecule has 0 spiro atoms. The fourth-order valence-electron chi connectivity index (χ4n) is 3.01. The van der Waals surface area contributed by atoms with Crippen molar-refractivity contribution in [3.63, 3.8) is 0 Å². The first-order valence-corrected chi connectivity index (χ1v) is 9.52. The second-order valence-corrected chi connectivity index (χ2v) is 7.30. The van der Waals surface area contributed by atoms with E-state index in [2.05, 4.69) is 25.3 Å². The predicted octanol–water partition coefficient (Wildman–Crippen LogP) is 2.06. The van der Waals surface area contributed by atoms with E-state index in [9.17, 15) is 14.9 Å². The number of non-ortho nitro benzene ring substituents is 1. The second-order valence-electron chi connectivity index (χ2n) is 6.29. The summed E-state index contributed by atoms with van der Waals surface area (Å²) in [5.74, 6) is 0.452. The summed E-state index contributed by atoms with van der Waals surface area (Å²) >= 11 is 1.21. The number of hydrogen-bond acceptors (Lipinski definition) is 8. The minimum atomic E-state index is -0.459. The van der Waals surface area contributed by atoms with Crippen molar-refractivity contribution >= 4 is 28.1 Å². The molecule has 30 heavy (non-hydrogen) atoms. The molecule has 1 N–H and O–H groups in total. The van der Waals surface area contributed by atoms with Gasteiger partial charge in [0.1, 0.15) is 0 Å². The molecular weight excluding hydrogens is 406 g/mol. The summed E-state index contributed by atoms with van der Waals surface area (Å²) < 4.78 is 1.69. The molecule has 4 aromatic heterocycles. The van der Waals surface area contributed by atoms with Gasteiger partial charge in [0.05, 0.1) is 21.3 Å². The lowest BCUT2D eigenvalue weighted by Gasteiger charge is -1.99. The van der Waals surface area contributed by atoms with Gasteiger partial charge < -0.3 is 0 Å². The van der Waals surface area contributed by atoms with Gasteiger partial charge in [-0.2, -0.15) is 14.6 Å². The van der Waals surface area contributed by atoms with Gasteiger partial charge in [0.25, 0.3) is 11.2 Å². The van der Waals surface area contributed by atoms with Crippen LogP contribution in [0.15, 0.2) is 59.8 Å². The first-order valence-electron chi connectivity index (χ1n) is 8.70. The normalized spacial score (nSPS) is 11.9. The number of aromatic nitrogens is 6. The largest absolute Gasteiger partial charge is 0.291 e. The van der Waals surface area contributed by atoms with Crippen molar-refractivity contribution in [3.05, 3.63) is 85.6 Å². The van der Waals surface area contributed by atoms with Crippen molar-refractivity contribution in [2.45, 2.75) is 0 Å². The number of rotatable bonds is 4. The average Bonchev–Trinajstić information content (AvgIpc) is 3.46. The van der Waals surface area contributed by atoms with E-state index in [0.29, 0.717) is 32.1 Å². The molecule has 5 rings (SSSR count). The Labute approximate surface area is 171 Å². The average molecular weight is 417 g/mol. The second kappa shape index (κ2) is 6.97. The minimum absolute atomic E-state index is 0.0278. The molecule has 0 aliphatic carbocycles. The third-order valence-corrected chi connectivity index (χ3v) is 5.38. The number of nitrogens with zero attached hydrogens (tertiary/aromatic N) is 6. The summed E-state index contributed by atoms with van der Waals surface area (Å²) in [5, 5.41) is 22.2. The summed E-state index contributed by atoms with van der Waals surface area (Å²) in [5.41, 5.74) is 2.25. The Morgan fingerprint density at radius 3 is 2.77 bits per heavy atom. The van der Waals surface area contributed by atoms with Crippen LogP contribution in [0.3, 0.4) is 0 Å². The molecule has 146 valence electrons. The zero-order valence-electron chi connectivity index (χ0n) is 15.1. The third kappa shape index (κ3) is 3.02. The molecule has 0 bridgehead atoms. The number of H-pyrrole nitrogens is 1. The molecule has 11 heteroatoms. The molecule has 0 aliphatic heterocycles. The van der Waals surface area contributed by atoms with E-state index >= 15 is 0 Å². The molecule has 4 heterocycles. The summed E-state index contributed by atoms with van der Waals surface area (Å²) in [6.07, 6.45) is 6.51. The van der Waals surface area contributed by atoms with E-state index in [-0.39, 0.29) is 11.2 Å². The molecule has 0 saturated heterocycles. The first kappa shape index (κ1) is 17.8. The fraction of sp³-hybridized carbons (Fsp3) is 0. The Morgan fingerprint density at radius 2 is 2.00 bits per heavy atom. The molecule has 0 unspecified atom stereocenters. The van der Waals surface area contributed by atoms with Crippen molar-refractivity contribution < 1.29 is 4.92 Å². The third-order valence-electron chi connectivity index (χ3n) is 4.42. The van der Waals surface area contributed by atoms with Crippen LogP contribution >= 0.6 is 11.3 Å². The molecule has 0 amide bonds. The maximum absolute atomic E-state index is 12.8. The van der Waals surface area contributed by atoms with E-state index in [1.54, 1.807) is 48.9 Å². The van der Waals surface area contributed by atoms with Crippen LogP contribution in [0.5, 0.6) is 0 Å². The summed E-state index contributed by atoms with van der Waals surface area (Å²) in [4.78, 5) is 32.3. The summed E-state index contributed by atoms with van der Waals surface area (Å²) in [7, 11) is 0. The molecule has 0 saturated carbocycles. The van der Waals surface area contributed by atoms with Crippen LogP contribution in [-0.4, -0.2) is 34.7 Å². The summed E-state index contributed by atoms with van der Waals surface area (Å²) in [6, 6.07) is 9.74. The lowest BCUT2D eigenvalue weighted by Crippen LogP contribution is -2.23. The quantitative estimate of drug-likeness (QED) is 0.350. The molecule has 0 fully saturated rings. The van der Waals surface area contributed by atoms with Gasteiger partial charge in [0, 0.05) is 41.2 Å². The van der Waals surface area contributed by atoms with Gasteiger partial charge in [-0.15, -0.1) is 5.10 Å². The Kier molecular flexibility index (Phi) is 4.14. The molecule has 0 atom stereocenters. The van der Waals surface area contributed by atoms with Gasteiger partial charge in [-0.3, -0.25) is 25.0 Å². The zero-order chi connectivity index (χ0) is 20.7. The van der Waals surface area contributed by atoms with Gasteiger partial charge in [-0.05, 0) is 18.2 Å². The molecule has 1 aromatic carbocycles. The van der Waals surface area contributed by atoms with Crippen LogP contribution in [0.1, 0.15) is 5.56 Å². The van der Waals surface area contributed by atoms with Gasteiger partial charge in [-0.1, -0.05) is 23.5 Å². The number of nitro groups is 1. The van der Waals surface area contributed by atoms with Gasteiger partial charge in [0.15, 0.2) is 5.82 Å². The van der Waals surface area contributed by atoms with Gasteiger partial charge in [0.2, 0.25) is 4.96 Å². The van der Waals surface area contributed by atoms with Crippen LogP contribution in [-0.2, 0) is 0 Å². The van der Waals surface area contributed by atoms with Crippen molar-refractivity contribution in [1.29, 1.82) is 0 Å². The van der Waals surface area contributed by atoms with E-state index in [1.807, 2.05) is 0 Å². The highest BCUT2D eigenvalue weighted by atomic mass is 32.1. The number of benzene rings is 1. The highest BCUT2D eigenvalue weighted by molar-refractivity contribution is 7.15. The lowest BCUT2D eigenvalue weighted by molar-refractivity contribution is -0.384. The SMILES string of the molecule is O=c1c(=Cc2cn[nH]c2-c2cccc([N+](=O)[O-])c2)sc2nc(-c3ccncc3)nn12. The number of thiazole rings is 1. The standard InChI is InChI=1S/C19H11N7O3S/c27-18-15(30-19-22-17(24-25(18)19)11-4-6-20-7-5-11)9-13-10-21-23-16(13)12-2-1-3-14(8-12)26(28)29/h1-10H,(H,21,23). The molecule has 0 aliphatic rings. The maximum atomic E-state index is 12.8. The van der Waals surface area contributed by atoms with Crippen molar-refractivity contribution in [2.24, 2.45) is 0 Å². The highest BCUT2D eigenvalue weighted by Gasteiger charge is 2.14. The van der Waals surface area contributed by atoms with Crippen LogP contribution < -0.4 is 10.1 Å². The van der Waals surface area contributed by atoms with Crippen molar-refractivity contribution in [2.75, 3.05) is 0 Å². The van der Waals surface area contributed by atoms with Crippen LogP contribution in [0, 0.1) is 10.1 Å². The predicted molar refractivity (Wildman–Crippen MR) is 110 cm³/mol. The maximum Gasteiger partial charge on any atom is 0.291 e. The number of hydrogen-bond donors (Lipinski definition) is 1. The van der Waals surface area contributed by atoms with Gasteiger partial charge >= 0.3 is 0 Å². The van der Waals surface area contributed by atoms with E-state index in [0.717, 1.165) is 5.56 Å². The van der Waals surface area contributed by atoms with Crippen LogP contribution in [0.25, 0.3) is 33.7 Å². The highest BCUT2D eigenvalue weighted by Crippen LogP contribution is 2.25. The van der Waals surface area contributed by atoms with E-state index < -0.39 is 4.92 Å². The first-order chi connectivity index (χ1) is 14.6. The Bertz CT molecular complexity index is 1500. The lowest BCUT2D eigenvalue weighted by atomic mass is 10.1. The van der Waals surface area contributed by atoms with E-state index in [4.69, 9.17) is 0 Å². The fourth-order valence-corrected chi connectivity index (χ4v) is 3.91. The van der Waals surface area contributed by atoms with Gasteiger partial charge in [-0.25, -0.2) is 0 Å². The summed E-state index contributed by atoms with van der Waals surface area (Å²) in [6.45, 7) is 0. The molecule has 5 aromatic rings. The molecular formula is C19H11N7O3S. The Balaban J connectivity index is 1.58. The Hall–Kier alpha value is -4.25. The number of fused-ring (bicyclic) bond motifs is 1. The smallest absolute Gasteiger partial charge is 0.277 e. The zero-order valence-corrected chi connectivity index (χ0v) is 15.9. The van der Waals surface area contributed by atoms with E-state index in [1.165, 1.54) is 28.0 Å². The Morgan fingerprint density at radius 1 is 1.17 bits per heavy atom. The number of nitro benzene ring substituents is 1. The minimum Gasteiger partial charge on any atom is -0.277 e.